The lowest BCUT2D eigenvalue weighted by atomic mass is 9.77. The molecular weight excluding hydrogens is 450 g/mol. The van der Waals surface area contributed by atoms with Gasteiger partial charge in [0.2, 0.25) is 0 Å². The number of aromatic nitrogens is 3. The molecule has 180 valence electrons. The SMILES string of the molecule is Cc1c(C(=O)NC(c2cccc(F)c2)C2CCC2)c2cccc(F)c2c(=O)n1Cc1ccn(C)n1. The molecule has 0 radical (unpaired) electrons. The summed E-state index contributed by atoms with van der Waals surface area (Å²) in [6, 6.07) is 11.9. The number of carbonyl (C=O) groups is 1. The molecule has 5 rings (SSSR count). The number of hydrogen-bond acceptors (Lipinski definition) is 3. The predicted octanol–water partition coefficient (Wildman–Crippen LogP) is 4.64. The molecule has 1 unspecified atom stereocenters. The van der Waals surface area contributed by atoms with Gasteiger partial charge in [0.05, 0.1) is 29.2 Å². The van der Waals surface area contributed by atoms with Crippen LogP contribution in [-0.2, 0) is 13.6 Å². The Morgan fingerprint density at radius 1 is 1.17 bits per heavy atom. The van der Waals surface area contributed by atoms with Crippen LogP contribution >= 0.6 is 0 Å². The van der Waals surface area contributed by atoms with Gasteiger partial charge in [-0.1, -0.05) is 30.7 Å². The Bertz CT molecular complexity index is 1490. The molecule has 0 spiro atoms. The molecule has 2 heterocycles. The Hall–Kier alpha value is -3.81. The van der Waals surface area contributed by atoms with E-state index >= 15 is 0 Å². The number of nitrogens with zero attached hydrogens (tertiary/aromatic N) is 3. The number of pyridine rings is 1. The summed E-state index contributed by atoms with van der Waals surface area (Å²) in [5, 5.41) is 7.54. The zero-order valence-electron chi connectivity index (χ0n) is 19.6. The number of hydrogen-bond donors (Lipinski definition) is 1. The van der Waals surface area contributed by atoms with E-state index in [2.05, 4.69) is 10.4 Å². The van der Waals surface area contributed by atoms with Gasteiger partial charge in [0.1, 0.15) is 11.6 Å². The fraction of sp³-hybridized carbons (Fsp3) is 0.296. The van der Waals surface area contributed by atoms with Crippen LogP contribution in [0.15, 0.2) is 59.5 Å². The molecule has 1 saturated carbocycles. The third-order valence-electron chi connectivity index (χ3n) is 6.94. The van der Waals surface area contributed by atoms with Crippen LogP contribution in [-0.4, -0.2) is 20.3 Å². The van der Waals surface area contributed by atoms with E-state index in [1.54, 1.807) is 49.1 Å². The Labute approximate surface area is 201 Å². The van der Waals surface area contributed by atoms with Crippen LogP contribution < -0.4 is 10.9 Å². The van der Waals surface area contributed by atoms with Crippen LogP contribution in [0.4, 0.5) is 8.78 Å². The van der Waals surface area contributed by atoms with E-state index in [4.69, 9.17) is 0 Å². The summed E-state index contributed by atoms with van der Waals surface area (Å²) in [5.74, 6) is -1.29. The molecule has 8 heteroatoms. The highest BCUT2D eigenvalue weighted by Gasteiger charge is 2.32. The number of nitrogens with one attached hydrogen (secondary N) is 1. The van der Waals surface area contributed by atoms with E-state index in [9.17, 15) is 18.4 Å². The van der Waals surface area contributed by atoms with Crippen molar-refractivity contribution >= 4 is 16.7 Å². The van der Waals surface area contributed by atoms with E-state index in [1.165, 1.54) is 28.8 Å². The topological polar surface area (TPSA) is 68.9 Å². The van der Waals surface area contributed by atoms with Crippen molar-refractivity contribution in [2.24, 2.45) is 13.0 Å². The molecular formula is C27H26F2N4O2. The maximum absolute atomic E-state index is 14.9. The second kappa shape index (κ2) is 9.09. The first-order valence-electron chi connectivity index (χ1n) is 11.7. The molecule has 1 N–H and O–H groups in total. The van der Waals surface area contributed by atoms with E-state index in [1.807, 2.05) is 0 Å². The van der Waals surface area contributed by atoms with Crippen molar-refractivity contribution in [3.05, 3.63) is 99.2 Å². The smallest absolute Gasteiger partial charge is 0.262 e. The van der Waals surface area contributed by atoms with Gasteiger partial charge in [0.25, 0.3) is 11.5 Å². The lowest BCUT2D eigenvalue weighted by Gasteiger charge is -2.35. The van der Waals surface area contributed by atoms with E-state index in [0.717, 1.165) is 19.3 Å². The highest BCUT2D eigenvalue weighted by Crippen LogP contribution is 2.38. The van der Waals surface area contributed by atoms with Gasteiger partial charge in [-0.25, -0.2) is 8.78 Å². The standard InChI is InChI=1S/C27H26F2N4O2/c1-16-23(26(34)30-25(17-6-3-7-17)18-8-4-9-19(28)14-18)21-10-5-11-22(29)24(21)27(35)33(16)15-20-12-13-32(2)31-20/h4-5,8-14,17,25H,3,6-7,15H2,1-2H3,(H,30,34). The quantitative estimate of drug-likeness (QED) is 0.441. The molecule has 1 fully saturated rings. The summed E-state index contributed by atoms with van der Waals surface area (Å²) in [4.78, 5) is 27.1. The third-order valence-corrected chi connectivity index (χ3v) is 6.94. The van der Waals surface area contributed by atoms with E-state index in [0.29, 0.717) is 17.0 Å². The second-order valence-corrected chi connectivity index (χ2v) is 9.19. The van der Waals surface area contributed by atoms with Crippen LogP contribution in [0.25, 0.3) is 10.8 Å². The van der Waals surface area contributed by atoms with Crippen LogP contribution in [0.3, 0.4) is 0 Å². The Kier molecular flexibility index (Phi) is 5.96. The van der Waals surface area contributed by atoms with Crippen LogP contribution in [0.2, 0.25) is 0 Å². The highest BCUT2D eigenvalue weighted by atomic mass is 19.1. The minimum absolute atomic E-state index is 0.103. The summed E-state index contributed by atoms with van der Waals surface area (Å²) in [6.07, 6.45) is 4.66. The minimum Gasteiger partial charge on any atom is -0.345 e. The summed E-state index contributed by atoms with van der Waals surface area (Å²) in [6.45, 7) is 1.79. The molecule has 2 aromatic carbocycles. The first-order valence-corrected chi connectivity index (χ1v) is 11.7. The molecule has 0 bridgehead atoms. The summed E-state index contributed by atoms with van der Waals surface area (Å²) in [7, 11) is 1.77. The number of carbonyl (C=O) groups excluding carboxylic acids is 1. The molecule has 0 aliphatic heterocycles. The lowest BCUT2D eigenvalue weighted by Crippen LogP contribution is -2.38. The first kappa shape index (κ1) is 23.0. The monoisotopic (exact) mass is 476 g/mol. The zero-order chi connectivity index (χ0) is 24.7. The summed E-state index contributed by atoms with van der Waals surface area (Å²) in [5.41, 5.74) is 1.45. The number of benzene rings is 2. The van der Waals surface area contributed by atoms with Gasteiger partial charge >= 0.3 is 0 Å². The average molecular weight is 477 g/mol. The molecule has 6 nitrogen and oxygen atoms in total. The largest absolute Gasteiger partial charge is 0.345 e. The van der Waals surface area contributed by atoms with Crippen molar-refractivity contribution in [1.29, 1.82) is 0 Å². The van der Waals surface area contributed by atoms with Gasteiger partial charge in [-0.15, -0.1) is 0 Å². The Morgan fingerprint density at radius 3 is 2.60 bits per heavy atom. The molecule has 1 amide bonds. The number of halogens is 2. The van der Waals surface area contributed by atoms with Crippen molar-refractivity contribution in [1.82, 2.24) is 19.7 Å². The molecule has 1 aliphatic rings. The number of fused-ring (bicyclic) bond motifs is 1. The maximum atomic E-state index is 14.9. The van der Waals surface area contributed by atoms with Gasteiger partial charge < -0.3 is 9.88 Å². The lowest BCUT2D eigenvalue weighted by molar-refractivity contribution is 0.0900. The summed E-state index contributed by atoms with van der Waals surface area (Å²) >= 11 is 0. The van der Waals surface area contributed by atoms with Gasteiger partial charge in [-0.05, 0) is 55.5 Å². The van der Waals surface area contributed by atoms with Crippen molar-refractivity contribution in [2.45, 2.75) is 38.8 Å². The Morgan fingerprint density at radius 2 is 1.94 bits per heavy atom. The van der Waals surface area contributed by atoms with E-state index in [-0.39, 0.29) is 40.7 Å². The normalized spacial score (nSPS) is 14.6. The van der Waals surface area contributed by atoms with Gasteiger partial charge in [0.15, 0.2) is 0 Å². The fourth-order valence-electron chi connectivity index (χ4n) is 4.91. The second-order valence-electron chi connectivity index (χ2n) is 9.19. The van der Waals surface area contributed by atoms with Crippen molar-refractivity contribution in [3.63, 3.8) is 0 Å². The van der Waals surface area contributed by atoms with Gasteiger partial charge in [0, 0.05) is 24.3 Å². The van der Waals surface area contributed by atoms with Crippen LogP contribution in [0.5, 0.6) is 0 Å². The highest BCUT2D eigenvalue weighted by molar-refractivity contribution is 6.08. The van der Waals surface area contributed by atoms with Crippen molar-refractivity contribution < 1.29 is 13.6 Å². The summed E-state index contributed by atoms with van der Waals surface area (Å²) < 4.78 is 31.9. The molecule has 1 atom stereocenters. The molecule has 4 aromatic rings. The predicted molar refractivity (Wildman–Crippen MR) is 129 cm³/mol. The minimum atomic E-state index is -0.683. The Balaban J connectivity index is 1.62. The van der Waals surface area contributed by atoms with Gasteiger partial charge in [-0.3, -0.25) is 14.3 Å². The van der Waals surface area contributed by atoms with Gasteiger partial charge in [-0.2, -0.15) is 5.10 Å². The molecule has 0 saturated heterocycles. The van der Waals surface area contributed by atoms with Crippen molar-refractivity contribution in [3.8, 4) is 0 Å². The number of rotatable bonds is 6. The number of amides is 1. The van der Waals surface area contributed by atoms with E-state index < -0.39 is 17.3 Å². The number of aryl methyl sites for hydroxylation is 1. The fourth-order valence-corrected chi connectivity index (χ4v) is 4.91. The molecule has 2 aromatic heterocycles. The molecule has 35 heavy (non-hydrogen) atoms. The zero-order valence-corrected chi connectivity index (χ0v) is 19.6. The average Bonchev–Trinajstić information content (AvgIpc) is 3.19. The molecule has 1 aliphatic carbocycles. The first-order chi connectivity index (χ1) is 16.8. The maximum Gasteiger partial charge on any atom is 0.262 e. The van der Waals surface area contributed by atoms with Crippen LogP contribution in [0, 0.1) is 24.5 Å². The third kappa shape index (κ3) is 4.24. The van der Waals surface area contributed by atoms with Crippen molar-refractivity contribution in [2.75, 3.05) is 0 Å². The van der Waals surface area contributed by atoms with Crippen LogP contribution in [0.1, 0.15) is 52.6 Å².